The molecule has 1 atom stereocenters. The smallest absolute Gasteiger partial charge is 0.124 e. The lowest BCUT2D eigenvalue weighted by atomic mass is 10.2. The van der Waals surface area contributed by atoms with Gasteiger partial charge in [0.25, 0.3) is 0 Å². The Morgan fingerprint density at radius 3 is 2.88 bits per heavy atom. The van der Waals surface area contributed by atoms with Crippen molar-refractivity contribution in [3.8, 4) is 11.8 Å². The highest BCUT2D eigenvalue weighted by Gasteiger charge is 2.06. The Bertz CT molecular complexity index is 374. The van der Waals surface area contributed by atoms with Gasteiger partial charge in [-0.3, -0.25) is 0 Å². The van der Waals surface area contributed by atoms with Crippen LogP contribution < -0.4 is 10.1 Å². The lowest BCUT2D eigenvalue weighted by Gasteiger charge is -2.12. The Hall–Kier alpha value is -1.57. The molecule has 4 heteroatoms. The molecule has 4 nitrogen and oxygen atoms in total. The third-order valence-electron chi connectivity index (χ3n) is 2.41. The minimum atomic E-state index is -0.179. The minimum absolute atomic E-state index is 0.0366. The fourth-order valence-corrected chi connectivity index (χ4v) is 1.52. The topological polar surface area (TPSA) is 65.3 Å². The number of ether oxygens (including phenoxy) is 1. The molecule has 17 heavy (non-hydrogen) atoms. The van der Waals surface area contributed by atoms with Crippen molar-refractivity contribution in [2.24, 2.45) is 0 Å². The van der Waals surface area contributed by atoms with E-state index >= 15 is 0 Å². The van der Waals surface area contributed by atoms with Gasteiger partial charge in [-0.15, -0.1) is 0 Å². The number of aliphatic hydroxyl groups is 1. The second-order valence-electron chi connectivity index (χ2n) is 3.64. The molecule has 0 bridgehead atoms. The van der Waals surface area contributed by atoms with E-state index in [0.29, 0.717) is 18.8 Å². The summed E-state index contributed by atoms with van der Waals surface area (Å²) in [4.78, 5) is 0. The average molecular weight is 234 g/mol. The third kappa shape index (κ3) is 4.43. The number of aliphatic hydroxyl groups excluding tert-OH is 1. The maximum atomic E-state index is 9.11. The Kier molecular flexibility index (Phi) is 6.08. The zero-order valence-electron chi connectivity index (χ0n) is 10.0. The van der Waals surface area contributed by atoms with Crippen molar-refractivity contribution in [1.82, 2.24) is 5.32 Å². The van der Waals surface area contributed by atoms with Gasteiger partial charge in [-0.25, -0.2) is 0 Å². The first-order valence-electron chi connectivity index (χ1n) is 5.76. The monoisotopic (exact) mass is 234 g/mol. The molecule has 1 aromatic rings. The van der Waals surface area contributed by atoms with E-state index in [0.717, 1.165) is 12.1 Å². The van der Waals surface area contributed by atoms with E-state index in [1.807, 2.05) is 31.2 Å². The third-order valence-corrected chi connectivity index (χ3v) is 2.41. The van der Waals surface area contributed by atoms with Crippen LogP contribution >= 0.6 is 0 Å². The Balaban J connectivity index is 2.42. The second-order valence-corrected chi connectivity index (χ2v) is 3.64. The molecule has 92 valence electrons. The molecule has 0 saturated heterocycles. The van der Waals surface area contributed by atoms with Gasteiger partial charge in [-0.2, -0.15) is 5.26 Å². The van der Waals surface area contributed by atoms with Crippen LogP contribution in [0.1, 0.15) is 18.9 Å². The maximum Gasteiger partial charge on any atom is 0.124 e. The summed E-state index contributed by atoms with van der Waals surface area (Å²) in [6.07, 6.45) is 0.629. The zero-order chi connectivity index (χ0) is 12.5. The molecule has 0 fully saturated rings. The van der Waals surface area contributed by atoms with Crippen LogP contribution in [0.3, 0.4) is 0 Å². The highest BCUT2D eigenvalue weighted by Crippen LogP contribution is 2.17. The molecule has 0 amide bonds. The van der Waals surface area contributed by atoms with Crippen LogP contribution in [0.15, 0.2) is 24.3 Å². The van der Waals surface area contributed by atoms with Gasteiger partial charge in [0, 0.05) is 12.0 Å². The van der Waals surface area contributed by atoms with Gasteiger partial charge in [0.2, 0.25) is 0 Å². The normalized spacial score (nSPS) is 11.8. The summed E-state index contributed by atoms with van der Waals surface area (Å²) < 4.78 is 5.56. The molecule has 0 saturated carbocycles. The Morgan fingerprint density at radius 2 is 2.24 bits per heavy atom. The first-order valence-corrected chi connectivity index (χ1v) is 5.76. The molecule has 0 spiro atoms. The summed E-state index contributed by atoms with van der Waals surface area (Å²) in [6, 6.07) is 9.36. The number of nitrogens with zero attached hydrogens (tertiary/aromatic N) is 1. The van der Waals surface area contributed by atoms with Crippen LogP contribution in [-0.2, 0) is 6.61 Å². The summed E-state index contributed by atoms with van der Waals surface area (Å²) in [5.41, 5.74) is 0.768. The molecular formula is C13H18N2O2. The summed E-state index contributed by atoms with van der Waals surface area (Å²) in [5.74, 6) is 0.684. The van der Waals surface area contributed by atoms with E-state index < -0.39 is 0 Å². The van der Waals surface area contributed by atoms with E-state index in [4.69, 9.17) is 15.1 Å². The molecule has 0 aliphatic heterocycles. The van der Waals surface area contributed by atoms with Gasteiger partial charge in [0.15, 0.2) is 0 Å². The SMILES string of the molecule is CCNC(C#N)CCOc1ccccc1CO. The van der Waals surface area contributed by atoms with E-state index in [1.54, 1.807) is 0 Å². The van der Waals surface area contributed by atoms with Crippen molar-refractivity contribution in [2.75, 3.05) is 13.2 Å². The van der Waals surface area contributed by atoms with Crippen LogP contribution in [0.2, 0.25) is 0 Å². The number of benzene rings is 1. The summed E-state index contributed by atoms with van der Waals surface area (Å²) in [7, 11) is 0. The zero-order valence-corrected chi connectivity index (χ0v) is 10.0. The van der Waals surface area contributed by atoms with E-state index in [2.05, 4.69) is 11.4 Å². The van der Waals surface area contributed by atoms with Crippen molar-refractivity contribution in [3.63, 3.8) is 0 Å². The van der Waals surface area contributed by atoms with E-state index in [9.17, 15) is 0 Å². The van der Waals surface area contributed by atoms with Crippen molar-refractivity contribution in [1.29, 1.82) is 5.26 Å². The predicted molar refractivity (Wildman–Crippen MR) is 65.6 cm³/mol. The molecule has 1 aromatic carbocycles. The fourth-order valence-electron chi connectivity index (χ4n) is 1.52. The van der Waals surface area contributed by atoms with Gasteiger partial charge in [-0.05, 0) is 12.6 Å². The van der Waals surface area contributed by atoms with Crippen LogP contribution in [0, 0.1) is 11.3 Å². The number of hydrogen-bond acceptors (Lipinski definition) is 4. The molecule has 0 aromatic heterocycles. The van der Waals surface area contributed by atoms with Crippen molar-refractivity contribution in [2.45, 2.75) is 26.0 Å². The summed E-state index contributed by atoms with van der Waals surface area (Å²) in [6.45, 7) is 3.16. The van der Waals surface area contributed by atoms with Crippen LogP contribution in [0.25, 0.3) is 0 Å². The highest BCUT2D eigenvalue weighted by atomic mass is 16.5. The molecule has 0 aliphatic rings. The van der Waals surface area contributed by atoms with Crippen molar-refractivity contribution >= 4 is 0 Å². The molecular weight excluding hydrogens is 216 g/mol. The molecule has 2 N–H and O–H groups in total. The van der Waals surface area contributed by atoms with Gasteiger partial charge in [0.1, 0.15) is 5.75 Å². The number of nitriles is 1. The summed E-state index contributed by atoms with van der Waals surface area (Å²) in [5, 5.41) is 21.0. The Morgan fingerprint density at radius 1 is 1.47 bits per heavy atom. The van der Waals surface area contributed by atoms with Crippen LogP contribution in [0.5, 0.6) is 5.75 Å². The van der Waals surface area contributed by atoms with Gasteiger partial charge >= 0.3 is 0 Å². The predicted octanol–water partition coefficient (Wildman–Crippen LogP) is 1.45. The largest absolute Gasteiger partial charge is 0.493 e. The van der Waals surface area contributed by atoms with Crippen molar-refractivity contribution in [3.05, 3.63) is 29.8 Å². The van der Waals surface area contributed by atoms with Gasteiger partial charge < -0.3 is 15.2 Å². The highest BCUT2D eigenvalue weighted by molar-refractivity contribution is 5.32. The number of nitrogens with one attached hydrogen (secondary N) is 1. The first-order chi connectivity index (χ1) is 8.31. The molecule has 0 heterocycles. The standard InChI is InChI=1S/C13H18N2O2/c1-2-15-12(9-14)7-8-17-13-6-4-3-5-11(13)10-16/h3-6,12,15-16H,2,7-8,10H2,1H3. The van der Waals surface area contributed by atoms with E-state index in [1.165, 1.54) is 0 Å². The lowest BCUT2D eigenvalue weighted by Crippen LogP contribution is -2.28. The average Bonchev–Trinajstić information content (AvgIpc) is 2.38. The second kappa shape index (κ2) is 7.66. The van der Waals surface area contributed by atoms with E-state index in [-0.39, 0.29) is 12.6 Å². The molecule has 0 aliphatic carbocycles. The van der Waals surface area contributed by atoms with Crippen LogP contribution in [-0.4, -0.2) is 24.3 Å². The van der Waals surface area contributed by atoms with Crippen molar-refractivity contribution < 1.29 is 9.84 Å². The molecule has 1 unspecified atom stereocenters. The molecule has 1 rings (SSSR count). The lowest BCUT2D eigenvalue weighted by molar-refractivity contribution is 0.258. The quantitative estimate of drug-likeness (QED) is 0.749. The fraction of sp³-hybridized carbons (Fsp3) is 0.462. The minimum Gasteiger partial charge on any atom is -0.493 e. The molecule has 0 radical (unpaired) electrons. The van der Waals surface area contributed by atoms with Gasteiger partial charge in [-0.1, -0.05) is 25.1 Å². The number of hydrogen-bond donors (Lipinski definition) is 2. The van der Waals surface area contributed by atoms with Crippen LogP contribution in [0.4, 0.5) is 0 Å². The Labute approximate surface area is 102 Å². The number of para-hydroxylation sites is 1. The number of rotatable bonds is 7. The maximum absolute atomic E-state index is 9.11. The summed E-state index contributed by atoms with van der Waals surface area (Å²) >= 11 is 0. The van der Waals surface area contributed by atoms with Gasteiger partial charge in [0.05, 0.1) is 25.3 Å². The first kappa shape index (κ1) is 13.5.